The predicted molar refractivity (Wildman–Crippen MR) is 78.7 cm³/mol. The summed E-state index contributed by atoms with van der Waals surface area (Å²) in [6.07, 6.45) is 1.69. The average molecular weight is 280 g/mol. The van der Waals surface area contributed by atoms with Crippen molar-refractivity contribution in [3.8, 4) is 0 Å². The van der Waals surface area contributed by atoms with Crippen LogP contribution in [0.1, 0.15) is 20.8 Å². The van der Waals surface area contributed by atoms with Gasteiger partial charge < -0.3 is 0 Å². The van der Waals surface area contributed by atoms with E-state index in [9.17, 15) is 4.79 Å². The first kappa shape index (κ1) is 13.9. The fourth-order valence-electron chi connectivity index (χ4n) is 2.09. The Balaban J connectivity index is 2.73. The molecule has 0 bridgehead atoms. The SMILES string of the molecule is C=CCn1c(=O)n(CC(C)(C)C)c2ccc(Cl)nc21. The van der Waals surface area contributed by atoms with Crippen molar-refractivity contribution >= 4 is 22.8 Å². The fourth-order valence-corrected chi connectivity index (χ4v) is 2.23. The summed E-state index contributed by atoms with van der Waals surface area (Å²) in [7, 11) is 0. The van der Waals surface area contributed by atoms with E-state index >= 15 is 0 Å². The molecule has 0 aromatic carbocycles. The lowest BCUT2D eigenvalue weighted by Crippen LogP contribution is -2.28. The number of pyridine rings is 1. The predicted octanol–water partition coefficient (Wildman–Crippen LogP) is 3.08. The molecule has 0 saturated carbocycles. The Labute approximate surface area is 117 Å². The van der Waals surface area contributed by atoms with E-state index in [1.165, 1.54) is 0 Å². The summed E-state index contributed by atoms with van der Waals surface area (Å²) in [4.78, 5) is 16.7. The van der Waals surface area contributed by atoms with Crippen LogP contribution in [0, 0.1) is 5.41 Å². The Morgan fingerprint density at radius 1 is 1.37 bits per heavy atom. The molecule has 5 heteroatoms. The molecule has 2 aromatic rings. The van der Waals surface area contributed by atoms with Crippen molar-refractivity contribution in [3.05, 3.63) is 40.4 Å². The molecule has 0 aliphatic heterocycles. The summed E-state index contributed by atoms with van der Waals surface area (Å²) >= 11 is 5.92. The lowest BCUT2D eigenvalue weighted by Gasteiger charge is -2.18. The molecule has 0 aliphatic carbocycles. The molecule has 0 atom stereocenters. The van der Waals surface area contributed by atoms with E-state index in [1.807, 2.05) is 6.07 Å². The van der Waals surface area contributed by atoms with Gasteiger partial charge in [-0.2, -0.15) is 0 Å². The van der Waals surface area contributed by atoms with Crippen molar-refractivity contribution in [2.75, 3.05) is 0 Å². The Morgan fingerprint density at radius 3 is 2.63 bits per heavy atom. The maximum atomic E-state index is 12.5. The highest BCUT2D eigenvalue weighted by Crippen LogP contribution is 2.20. The summed E-state index contributed by atoms with van der Waals surface area (Å²) < 4.78 is 3.35. The van der Waals surface area contributed by atoms with Gasteiger partial charge in [-0.1, -0.05) is 38.4 Å². The number of hydrogen-bond donors (Lipinski definition) is 0. The van der Waals surface area contributed by atoms with E-state index in [0.29, 0.717) is 23.9 Å². The monoisotopic (exact) mass is 279 g/mol. The van der Waals surface area contributed by atoms with Crippen molar-refractivity contribution in [2.24, 2.45) is 5.41 Å². The van der Waals surface area contributed by atoms with Gasteiger partial charge in [-0.15, -0.1) is 6.58 Å². The van der Waals surface area contributed by atoms with Crippen molar-refractivity contribution in [1.29, 1.82) is 0 Å². The van der Waals surface area contributed by atoms with Crippen LogP contribution in [0.4, 0.5) is 0 Å². The number of hydrogen-bond acceptors (Lipinski definition) is 2. The number of aromatic nitrogens is 3. The van der Waals surface area contributed by atoms with Crippen LogP contribution in [-0.2, 0) is 13.1 Å². The van der Waals surface area contributed by atoms with Crippen LogP contribution in [0.5, 0.6) is 0 Å². The molecule has 0 unspecified atom stereocenters. The third-order valence-corrected chi connectivity index (χ3v) is 2.98. The van der Waals surface area contributed by atoms with E-state index in [-0.39, 0.29) is 11.1 Å². The Kier molecular flexibility index (Phi) is 3.54. The first-order chi connectivity index (χ1) is 8.83. The second-order valence-corrected chi connectivity index (χ2v) is 6.19. The molecule has 2 rings (SSSR count). The van der Waals surface area contributed by atoms with E-state index in [2.05, 4.69) is 32.3 Å². The van der Waals surface area contributed by atoms with E-state index in [4.69, 9.17) is 11.6 Å². The topological polar surface area (TPSA) is 39.8 Å². The molecular formula is C14H18ClN3O. The van der Waals surface area contributed by atoms with E-state index in [1.54, 1.807) is 21.3 Å². The molecule has 2 heterocycles. The smallest absolute Gasteiger partial charge is 0.290 e. The molecule has 0 fully saturated rings. The van der Waals surface area contributed by atoms with Gasteiger partial charge in [0.1, 0.15) is 5.15 Å². The second-order valence-electron chi connectivity index (χ2n) is 5.81. The highest BCUT2D eigenvalue weighted by molar-refractivity contribution is 6.29. The number of fused-ring (bicyclic) bond motifs is 1. The minimum Gasteiger partial charge on any atom is -0.290 e. The van der Waals surface area contributed by atoms with Gasteiger partial charge in [0.05, 0.1) is 5.52 Å². The third kappa shape index (κ3) is 2.73. The summed E-state index contributed by atoms with van der Waals surface area (Å²) in [5, 5.41) is 0.387. The molecular weight excluding hydrogens is 262 g/mol. The molecule has 2 aromatic heterocycles. The highest BCUT2D eigenvalue weighted by atomic mass is 35.5. The highest BCUT2D eigenvalue weighted by Gasteiger charge is 2.19. The number of imidazole rings is 1. The fraction of sp³-hybridized carbons (Fsp3) is 0.429. The molecule has 102 valence electrons. The zero-order valence-corrected chi connectivity index (χ0v) is 12.2. The van der Waals surface area contributed by atoms with Crippen LogP contribution in [0.2, 0.25) is 5.15 Å². The second kappa shape index (κ2) is 4.85. The number of rotatable bonds is 3. The summed E-state index contributed by atoms with van der Waals surface area (Å²) in [5.74, 6) is 0. The molecule has 4 nitrogen and oxygen atoms in total. The summed E-state index contributed by atoms with van der Waals surface area (Å²) in [6.45, 7) is 11.0. The lowest BCUT2D eigenvalue weighted by atomic mass is 9.97. The van der Waals surface area contributed by atoms with E-state index in [0.717, 1.165) is 5.52 Å². The molecule has 19 heavy (non-hydrogen) atoms. The van der Waals surface area contributed by atoms with Gasteiger partial charge in [0.25, 0.3) is 0 Å². The quantitative estimate of drug-likeness (QED) is 0.640. The van der Waals surface area contributed by atoms with Crippen LogP contribution in [0.3, 0.4) is 0 Å². The molecule has 0 amide bonds. The summed E-state index contributed by atoms with van der Waals surface area (Å²) in [6, 6.07) is 3.55. The molecule has 0 aliphatic rings. The minimum atomic E-state index is -0.0698. The zero-order chi connectivity index (χ0) is 14.2. The first-order valence-electron chi connectivity index (χ1n) is 6.20. The largest absolute Gasteiger partial charge is 0.330 e. The van der Waals surface area contributed by atoms with E-state index < -0.39 is 0 Å². The van der Waals surface area contributed by atoms with Crippen LogP contribution in [0.25, 0.3) is 11.2 Å². The zero-order valence-electron chi connectivity index (χ0n) is 11.5. The summed E-state index contributed by atoms with van der Waals surface area (Å²) in [5.41, 5.74) is 1.36. The maximum absolute atomic E-state index is 12.5. The molecule has 0 radical (unpaired) electrons. The Bertz CT molecular complexity index is 676. The van der Waals surface area contributed by atoms with Crippen molar-refractivity contribution < 1.29 is 0 Å². The number of nitrogens with zero attached hydrogens (tertiary/aromatic N) is 3. The number of halogens is 1. The van der Waals surface area contributed by atoms with Crippen LogP contribution in [0.15, 0.2) is 29.6 Å². The third-order valence-electron chi connectivity index (χ3n) is 2.77. The van der Waals surface area contributed by atoms with Gasteiger partial charge in [0.15, 0.2) is 5.65 Å². The van der Waals surface area contributed by atoms with Gasteiger partial charge in [-0.25, -0.2) is 9.78 Å². The Hall–Kier alpha value is -1.55. The van der Waals surface area contributed by atoms with Gasteiger partial charge in [-0.3, -0.25) is 9.13 Å². The lowest BCUT2D eigenvalue weighted by molar-refractivity contribution is 0.342. The first-order valence-corrected chi connectivity index (χ1v) is 6.58. The average Bonchev–Trinajstić information content (AvgIpc) is 2.53. The molecule has 0 N–H and O–H groups in total. The number of allylic oxidation sites excluding steroid dienone is 1. The van der Waals surface area contributed by atoms with Gasteiger partial charge in [0.2, 0.25) is 0 Å². The van der Waals surface area contributed by atoms with Crippen LogP contribution in [-0.4, -0.2) is 14.1 Å². The molecule has 0 saturated heterocycles. The van der Waals surface area contributed by atoms with Gasteiger partial charge in [0, 0.05) is 13.1 Å². The molecule has 0 spiro atoms. The van der Waals surface area contributed by atoms with Gasteiger partial charge in [-0.05, 0) is 17.5 Å². The standard InChI is InChI=1S/C14H18ClN3O/c1-5-8-17-12-10(6-7-11(15)16-12)18(13(17)19)9-14(2,3)4/h5-7H,1,8-9H2,2-4H3. The van der Waals surface area contributed by atoms with Crippen molar-refractivity contribution in [3.63, 3.8) is 0 Å². The normalized spacial score (nSPS) is 12.0. The van der Waals surface area contributed by atoms with Gasteiger partial charge >= 0.3 is 5.69 Å². The maximum Gasteiger partial charge on any atom is 0.330 e. The van der Waals surface area contributed by atoms with Crippen LogP contribution < -0.4 is 5.69 Å². The Morgan fingerprint density at radius 2 is 2.05 bits per heavy atom. The van der Waals surface area contributed by atoms with Crippen molar-refractivity contribution in [1.82, 2.24) is 14.1 Å². The minimum absolute atomic E-state index is 0.0107. The van der Waals surface area contributed by atoms with Crippen molar-refractivity contribution in [2.45, 2.75) is 33.9 Å². The van der Waals surface area contributed by atoms with Crippen LogP contribution >= 0.6 is 11.6 Å².